The molecule has 0 aliphatic heterocycles. The van der Waals surface area contributed by atoms with Crippen molar-refractivity contribution in [2.75, 3.05) is 0 Å². The molecule has 0 unspecified atom stereocenters. The molecule has 0 spiro atoms. The fourth-order valence-electron chi connectivity index (χ4n) is 1.71. The maximum absolute atomic E-state index is 4.64. The monoisotopic (exact) mass is 307 g/mol. The number of hydrogen-bond donors (Lipinski definition) is 1. The number of nitrogens with zero attached hydrogens (tertiary/aromatic N) is 2. The van der Waals surface area contributed by atoms with E-state index in [4.69, 9.17) is 0 Å². The van der Waals surface area contributed by atoms with Crippen LogP contribution < -0.4 is 5.32 Å². The van der Waals surface area contributed by atoms with Crippen molar-refractivity contribution in [2.45, 2.75) is 20.0 Å². The second-order valence-corrected chi connectivity index (χ2v) is 6.95. The molecule has 0 bridgehead atoms. The lowest BCUT2D eigenvalue weighted by molar-refractivity contribution is 0.672. The Labute approximate surface area is 124 Å². The molecule has 0 radical (unpaired) electrons. The van der Waals surface area contributed by atoms with Crippen molar-refractivity contribution < 1.29 is 0 Å². The van der Waals surface area contributed by atoms with Crippen LogP contribution in [0.2, 0.25) is 0 Å². The van der Waals surface area contributed by atoms with E-state index in [-0.39, 0.29) is 0 Å². The minimum absolute atomic E-state index is 0.790. The van der Waals surface area contributed by atoms with E-state index in [0.717, 1.165) is 34.5 Å². The zero-order valence-corrected chi connectivity index (χ0v) is 12.9. The number of nitrogens with one attached hydrogen (secondary N) is 1. The van der Waals surface area contributed by atoms with Crippen LogP contribution in [0, 0.1) is 6.92 Å². The third kappa shape index (κ3) is 3.27. The molecule has 0 atom stereocenters. The Bertz CT molecular complexity index is 640. The zero-order chi connectivity index (χ0) is 13.1. The van der Waals surface area contributed by atoms with Crippen LogP contribution in [0.5, 0.6) is 0 Å². The van der Waals surface area contributed by atoms with Crippen LogP contribution in [0.1, 0.15) is 16.4 Å². The van der Waals surface area contributed by atoms with Gasteiger partial charge >= 0.3 is 0 Å². The second-order valence-electron chi connectivity index (χ2n) is 4.08. The predicted octanol–water partition coefficient (Wildman–Crippen LogP) is 3.93. The van der Waals surface area contributed by atoms with Gasteiger partial charge in [-0.05, 0) is 18.4 Å². The van der Waals surface area contributed by atoms with Crippen LogP contribution in [-0.2, 0) is 13.1 Å². The van der Waals surface area contributed by atoms with Gasteiger partial charge in [0.15, 0.2) is 0 Å². The third-order valence-electron chi connectivity index (χ3n) is 2.56. The number of thiophene rings is 1. The van der Waals surface area contributed by atoms with Crippen molar-refractivity contribution in [3.8, 4) is 9.88 Å². The van der Waals surface area contributed by atoms with Gasteiger partial charge in [-0.3, -0.25) is 0 Å². The Balaban J connectivity index is 1.56. The lowest BCUT2D eigenvalue weighted by Gasteiger charge is -1.99. The topological polar surface area (TPSA) is 37.8 Å². The fourth-order valence-corrected chi connectivity index (χ4v) is 3.96. The zero-order valence-electron chi connectivity index (χ0n) is 10.4. The molecule has 0 saturated heterocycles. The average molecular weight is 307 g/mol. The third-order valence-corrected chi connectivity index (χ3v) is 5.32. The van der Waals surface area contributed by atoms with Gasteiger partial charge in [-0.1, -0.05) is 6.07 Å². The van der Waals surface area contributed by atoms with Crippen molar-refractivity contribution in [1.29, 1.82) is 0 Å². The SMILES string of the molecule is Cc1nc(CNCc2csc(-c3cccs3)n2)cs1. The fraction of sp³-hybridized carbons (Fsp3) is 0.231. The molecule has 0 aliphatic carbocycles. The molecule has 0 fully saturated rings. The van der Waals surface area contributed by atoms with Gasteiger partial charge in [-0.2, -0.15) is 0 Å². The Morgan fingerprint density at radius 2 is 1.84 bits per heavy atom. The van der Waals surface area contributed by atoms with Crippen molar-refractivity contribution in [1.82, 2.24) is 15.3 Å². The minimum atomic E-state index is 0.790. The van der Waals surface area contributed by atoms with Crippen LogP contribution in [0.4, 0.5) is 0 Å². The molecule has 3 nitrogen and oxygen atoms in total. The van der Waals surface area contributed by atoms with E-state index in [2.05, 4.69) is 43.6 Å². The number of hydrogen-bond acceptors (Lipinski definition) is 6. The Morgan fingerprint density at radius 3 is 2.53 bits per heavy atom. The Morgan fingerprint density at radius 1 is 1.05 bits per heavy atom. The second kappa shape index (κ2) is 5.92. The van der Waals surface area contributed by atoms with E-state index in [1.165, 1.54) is 4.88 Å². The molecule has 3 aromatic heterocycles. The summed E-state index contributed by atoms with van der Waals surface area (Å²) in [7, 11) is 0. The van der Waals surface area contributed by atoms with Gasteiger partial charge in [0, 0.05) is 23.8 Å². The highest BCUT2D eigenvalue weighted by Crippen LogP contribution is 2.27. The highest BCUT2D eigenvalue weighted by Gasteiger charge is 2.05. The molecule has 0 amide bonds. The molecular weight excluding hydrogens is 294 g/mol. The Kier molecular flexibility index (Phi) is 4.03. The summed E-state index contributed by atoms with van der Waals surface area (Å²) >= 11 is 5.12. The number of rotatable bonds is 5. The van der Waals surface area contributed by atoms with E-state index in [1.54, 1.807) is 34.0 Å². The van der Waals surface area contributed by atoms with Crippen molar-refractivity contribution in [2.24, 2.45) is 0 Å². The first-order chi connectivity index (χ1) is 9.31. The van der Waals surface area contributed by atoms with E-state index >= 15 is 0 Å². The molecule has 98 valence electrons. The molecule has 3 rings (SSSR count). The van der Waals surface area contributed by atoms with E-state index in [0.29, 0.717) is 0 Å². The van der Waals surface area contributed by atoms with Crippen molar-refractivity contribution in [3.05, 3.63) is 44.7 Å². The summed E-state index contributed by atoms with van der Waals surface area (Å²) in [5, 5.41) is 11.9. The lowest BCUT2D eigenvalue weighted by Crippen LogP contribution is -2.13. The van der Waals surface area contributed by atoms with Gasteiger partial charge in [0.05, 0.1) is 21.3 Å². The maximum atomic E-state index is 4.64. The normalized spacial score (nSPS) is 11.0. The molecule has 6 heteroatoms. The van der Waals surface area contributed by atoms with Gasteiger partial charge in [0.2, 0.25) is 0 Å². The highest BCUT2D eigenvalue weighted by molar-refractivity contribution is 7.20. The highest BCUT2D eigenvalue weighted by atomic mass is 32.1. The van der Waals surface area contributed by atoms with Gasteiger partial charge in [-0.25, -0.2) is 9.97 Å². The van der Waals surface area contributed by atoms with Crippen molar-refractivity contribution >= 4 is 34.0 Å². The van der Waals surface area contributed by atoms with E-state index in [9.17, 15) is 0 Å². The molecular formula is C13H13N3S3. The molecule has 0 saturated carbocycles. The maximum Gasteiger partial charge on any atom is 0.133 e. The minimum Gasteiger partial charge on any atom is -0.305 e. The summed E-state index contributed by atoms with van der Waals surface area (Å²) in [5.74, 6) is 0. The number of thiazole rings is 2. The van der Waals surface area contributed by atoms with Crippen LogP contribution in [-0.4, -0.2) is 9.97 Å². The molecule has 0 aliphatic rings. The van der Waals surface area contributed by atoms with E-state index < -0.39 is 0 Å². The quantitative estimate of drug-likeness (QED) is 0.776. The summed E-state index contributed by atoms with van der Waals surface area (Å²) in [4.78, 5) is 10.3. The molecule has 3 aromatic rings. The van der Waals surface area contributed by atoms with Gasteiger partial charge in [0.1, 0.15) is 5.01 Å². The molecule has 3 heterocycles. The lowest BCUT2D eigenvalue weighted by atomic mass is 10.4. The van der Waals surface area contributed by atoms with Crippen LogP contribution >= 0.6 is 34.0 Å². The largest absolute Gasteiger partial charge is 0.305 e. The summed E-state index contributed by atoms with van der Waals surface area (Å²) in [6.45, 7) is 3.62. The first-order valence-electron chi connectivity index (χ1n) is 5.91. The first-order valence-corrected chi connectivity index (χ1v) is 8.55. The number of aryl methyl sites for hydroxylation is 1. The summed E-state index contributed by atoms with van der Waals surface area (Å²) in [6.07, 6.45) is 0. The summed E-state index contributed by atoms with van der Waals surface area (Å²) < 4.78 is 0. The number of aromatic nitrogens is 2. The summed E-state index contributed by atoms with van der Waals surface area (Å²) in [5.41, 5.74) is 2.21. The summed E-state index contributed by atoms with van der Waals surface area (Å²) in [6, 6.07) is 4.17. The smallest absolute Gasteiger partial charge is 0.133 e. The molecule has 0 aromatic carbocycles. The van der Waals surface area contributed by atoms with Crippen LogP contribution in [0.25, 0.3) is 9.88 Å². The first kappa shape index (κ1) is 12.9. The van der Waals surface area contributed by atoms with Gasteiger partial charge in [-0.15, -0.1) is 34.0 Å². The molecule has 1 N–H and O–H groups in total. The van der Waals surface area contributed by atoms with E-state index in [1.807, 2.05) is 6.92 Å². The van der Waals surface area contributed by atoms with Gasteiger partial charge < -0.3 is 5.32 Å². The predicted molar refractivity (Wildman–Crippen MR) is 82.8 cm³/mol. The average Bonchev–Trinajstić information content (AvgIpc) is 3.09. The van der Waals surface area contributed by atoms with Crippen molar-refractivity contribution in [3.63, 3.8) is 0 Å². The van der Waals surface area contributed by atoms with Gasteiger partial charge in [0.25, 0.3) is 0 Å². The Hall–Kier alpha value is -1.08. The standard InChI is InChI=1S/C13H13N3S3/c1-9-15-10(7-18-9)5-14-6-11-8-19-13(16-11)12-3-2-4-17-12/h2-4,7-8,14H,5-6H2,1H3. The van der Waals surface area contributed by atoms with Crippen LogP contribution in [0.15, 0.2) is 28.3 Å². The molecule has 19 heavy (non-hydrogen) atoms. The van der Waals surface area contributed by atoms with Crippen LogP contribution in [0.3, 0.4) is 0 Å².